The molecule has 1 aliphatic carbocycles. The first-order valence-corrected chi connectivity index (χ1v) is 5.81. The molecule has 1 saturated carbocycles. The van der Waals surface area contributed by atoms with Gasteiger partial charge in [-0.25, -0.2) is 0 Å². The predicted molar refractivity (Wildman–Crippen MR) is 55.4 cm³/mol. The molecule has 0 bridgehead atoms. The van der Waals surface area contributed by atoms with Crippen molar-refractivity contribution in [3.63, 3.8) is 0 Å². The zero-order valence-electron chi connectivity index (χ0n) is 9.00. The smallest absolute Gasteiger partial charge is 0.249 e. The number of amides is 1. The Labute approximate surface area is 90.0 Å². The van der Waals surface area contributed by atoms with Gasteiger partial charge in [0, 0.05) is 13.2 Å². The maximum absolute atomic E-state index is 11.6. The van der Waals surface area contributed by atoms with E-state index in [2.05, 4.69) is 5.32 Å². The summed E-state index contributed by atoms with van der Waals surface area (Å²) in [5.41, 5.74) is -0.658. The van der Waals surface area contributed by atoms with Crippen molar-refractivity contribution in [2.24, 2.45) is 0 Å². The molecule has 4 nitrogen and oxygen atoms in total. The van der Waals surface area contributed by atoms with Gasteiger partial charge < -0.3 is 15.2 Å². The Balaban J connectivity index is 1.74. The van der Waals surface area contributed by atoms with Crippen molar-refractivity contribution in [3.05, 3.63) is 0 Å². The zero-order valence-corrected chi connectivity index (χ0v) is 9.00. The number of aliphatic hydroxyl groups is 1. The predicted octanol–water partition coefficient (Wildman–Crippen LogP) is 0.587. The van der Waals surface area contributed by atoms with Crippen LogP contribution in [0.25, 0.3) is 0 Å². The van der Waals surface area contributed by atoms with E-state index in [0.29, 0.717) is 13.2 Å². The summed E-state index contributed by atoms with van der Waals surface area (Å²) in [4.78, 5) is 11.6. The van der Waals surface area contributed by atoms with Crippen molar-refractivity contribution in [2.45, 2.75) is 50.2 Å². The molecule has 2 N–H and O–H groups in total. The highest BCUT2D eigenvalue weighted by Gasteiger charge is 2.32. The molecule has 15 heavy (non-hydrogen) atoms. The van der Waals surface area contributed by atoms with E-state index in [9.17, 15) is 9.90 Å². The van der Waals surface area contributed by atoms with Crippen LogP contribution in [-0.2, 0) is 9.53 Å². The standard InChI is InChI=1S/C11H19NO3/c13-10(9-4-3-7-15-9)12-8-11(14)5-1-2-6-11/h9,14H,1-8H2,(H,12,13)/t9-/m1/s1. The fraction of sp³-hybridized carbons (Fsp3) is 0.909. The highest BCUT2D eigenvalue weighted by atomic mass is 16.5. The molecule has 86 valence electrons. The Morgan fingerprint density at radius 3 is 2.73 bits per heavy atom. The molecule has 2 fully saturated rings. The largest absolute Gasteiger partial charge is 0.388 e. The quantitative estimate of drug-likeness (QED) is 0.721. The molecule has 1 heterocycles. The number of nitrogens with one attached hydrogen (secondary N) is 1. The van der Waals surface area contributed by atoms with E-state index in [4.69, 9.17) is 4.74 Å². The topological polar surface area (TPSA) is 58.6 Å². The van der Waals surface area contributed by atoms with Gasteiger partial charge in [0.25, 0.3) is 0 Å². The average Bonchev–Trinajstić information content (AvgIpc) is 2.85. The molecule has 1 aliphatic heterocycles. The second-order valence-electron chi connectivity index (χ2n) is 4.65. The number of hydrogen-bond donors (Lipinski definition) is 2. The lowest BCUT2D eigenvalue weighted by Crippen LogP contribution is -2.44. The van der Waals surface area contributed by atoms with Gasteiger partial charge in [-0.3, -0.25) is 4.79 Å². The van der Waals surface area contributed by atoms with Crippen molar-refractivity contribution < 1.29 is 14.6 Å². The number of carbonyl (C=O) groups is 1. The number of hydrogen-bond acceptors (Lipinski definition) is 3. The Bertz CT molecular complexity index is 230. The maximum atomic E-state index is 11.6. The monoisotopic (exact) mass is 213 g/mol. The second kappa shape index (κ2) is 4.49. The van der Waals surface area contributed by atoms with Crippen LogP contribution < -0.4 is 5.32 Å². The molecule has 1 saturated heterocycles. The van der Waals surface area contributed by atoms with E-state index >= 15 is 0 Å². The average molecular weight is 213 g/mol. The first-order chi connectivity index (χ1) is 7.20. The van der Waals surface area contributed by atoms with Gasteiger partial charge in [0.05, 0.1) is 5.60 Å². The Morgan fingerprint density at radius 2 is 2.13 bits per heavy atom. The lowest BCUT2D eigenvalue weighted by molar-refractivity contribution is -0.131. The molecule has 0 aromatic heterocycles. The highest BCUT2D eigenvalue weighted by molar-refractivity contribution is 5.81. The van der Waals surface area contributed by atoms with Crippen molar-refractivity contribution >= 4 is 5.91 Å². The minimum Gasteiger partial charge on any atom is -0.388 e. The molecule has 1 amide bonds. The van der Waals surface area contributed by atoms with Crippen LogP contribution in [0.4, 0.5) is 0 Å². The van der Waals surface area contributed by atoms with Crippen molar-refractivity contribution in [1.29, 1.82) is 0 Å². The molecule has 0 aromatic carbocycles. The Hall–Kier alpha value is -0.610. The Morgan fingerprint density at radius 1 is 1.40 bits per heavy atom. The SMILES string of the molecule is O=C(NCC1(O)CCCC1)[C@H]1CCCO1. The van der Waals surface area contributed by atoms with Gasteiger partial charge in [-0.2, -0.15) is 0 Å². The summed E-state index contributed by atoms with van der Waals surface area (Å²) in [6.45, 7) is 1.06. The molecule has 1 atom stereocenters. The van der Waals surface area contributed by atoms with Crippen molar-refractivity contribution in [2.75, 3.05) is 13.2 Å². The van der Waals surface area contributed by atoms with Crippen LogP contribution in [0.2, 0.25) is 0 Å². The summed E-state index contributed by atoms with van der Waals surface area (Å²) < 4.78 is 5.27. The van der Waals surface area contributed by atoms with Crippen LogP contribution in [0.5, 0.6) is 0 Å². The maximum Gasteiger partial charge on any atom is 0.249 e. The van der Waals surface area contributed by atoms with Gasteiger partial charge >= 0.3 is 0 Å². The summed E-state index contributed by atoms with van der Waals surface area (Å²) in [7, 11) is 0. The first-order valence-electron chi connectivity index (χ1n) is 5.81. The van der Waals surface area contributed by atoms with Gasteiger partial charge in [-0.05, 0) is 25.7 Å². The summed E-state index contributed by atoms with van der Waals surface area (Å²) in [6.07, 6.45) is 5.22. The van der Waals surface area contributed by atoms with Gasteiger partial charge in [0.15, 0.2) is 0 Å². The van der Waals surface area contributed by atoms with Crippen LogP contribution >= 0.6 is 0 Å². The summed E-state index contributed by atoms with van der Waals surface area (Å²) >= 11 is 0. The minimum atomic E-state index is -0.658. The fourth-order valence-corrected chi connectivity index (χ4v) is 2.36. The normalized spacial score (nSPS) is 29.3. The van der Waals surface area contributed by atoms with E-state index in [0.717, 1.165) is 38.5 Å². The van der Waals surface area contributed by atoms with Crippen molar-refractivity contribution in [3.8, 4) is 0 Å². The molecule has 2 rings (SSSR count). The van der Waals surface area contributed by atoms with Crippen LogP contribution in [0.15, 0.2) is 0 Å². The Kier molecular flexibility index (Phi) is 3.26. The van der Waals surface area contributed by atoms with Crippen LogP contribution in [-0.4, -0.2) is 35.9 Å². The highest BCUT2D eigenvalue weighted by Crippen LogP contribution is 2.28. The number of ether oxygens (including phenoxy) is 1. The van der Waals surface area contributed by atoms with E-state index in [-0.39, 0.29) is 12.0 Å². The van der Waals surface area contributed by atoms with E-state index < -0.39 is 5.60 Å². The summed E-state index contributed by atoms with van der Waals surface area (Å²) in [5, 5.41) is 12.8. The summed E-state index contributed by atoms with van der Waals surface area (Å²) in [5.74, 6) is -0.0622. The van der Waals surface area contributed by atoms with Crippen LogP contribution in [0.1, 0.15) is 38.5 Å². The van der Waals surface area contributed by atoms with Crippen LogP contribution in [0.3, 0.4) is 0 Å². The molecule has 0 spiro atoms. The third-order valence-corrected chi connectivity index (χ3v) is 3.35. The first kappa shape index (κ1) is 10.9. The van der Waals surface area contributed by atoms with E-state index in [1.807, 2.05) is 0 Å². The minimum absolute atomic E-state index is 0.0622. The third-order valence-electron chi connectivity index (χ3n) is 3.35. The van der Waals surface area contributed by atoms with E-state index in [1.54, 1.807) is 0 Å². The molecule has 2 aliphatic rings. The van der Waals surface area contributed by atoms with E-state index in [1.165, 1.54) is 0 Å². The fourth-order valence-electron chi connectivity index (χ4n) is 2.36. The van der Waals surface area contributed by atoms with Crippen molar-refractivity contribution in [1.82, 2.24) is 5.32 Å². The molecule has 0 radical (unpaired) electrons. The molecular weight excluding hydrogens is 194 g/mol. The zero-order chi connectivity index (χ0) is 10.7. The summed E-state index contributed by atoms with van der Waals surface area (Å²) in [6, 6.07) is 0. The van der Waals surface area contributed by atoms with Gasteiger partial charge in [0.2, 0.25) is 5.91 Å². The van der Waals surface area contributed by atoms with Gasteiger partial charge in [0.1, 0.15) is 6.10 Å². The third kappa shape index (κ3) is 2.69. The number of rotatable bonds is 3. The second-order valence-corrected chi connectivity index (χ2v) is 4.65. The molecule has 0 aromatic rings. The molecule has 4 heteroatoms. The lowest BCUT2D eigenvalue weighted by atomic mass is 10.0. The number of carbonyl (C=O) groups excluding carboxylic acids is 1. The van der Waals surface area contributed by atoms with Crippen LogP contribution in [0, 0.1) is 0 Å². The molecular formula is C11H19NO3. The van der Waals surface area contributed by atoms with Gasteiger partial charge in [-0.15, -0.1) is 0 Å². The lowest BCUT2D eigenvalue weighted by Gasteiger charge is -2.23. The van der Waals surface area contributed by atoms with Gasteiger partial charge in [-0.1, -0.05) is 12.8 Å². The molecule has 0 unspecified atom stereocenters.